The Morgan fingerprint density at radius 3 is 1.74 bits per heavy atom. The Kier molecular flexibility index (Phi) is 5.64. The second kappa shape index (κ2) is 7.43. The summed E-state index contributed by atoms with van der Waals surface area (Å²) in [7, 11) is 0. The number of guanidine groups is 2. The number of rotatable bonds is 2. The van der Waals surface area contributed by atoms with Crippen LogP contribution in [0.1, 0.15) is 52.7 Å². The molecule has 5 nitrogen and oxygen atoms in total. The molecule has 5 heteroatoms. The largest absolute Gasteiger partial charge is 0.370 e. The van der Waals surface area contributed by atoms with Gasteiger partial charge in [0, 0.05) is 5.56 Å². The van der Waals surface area contributed by atoms with Crippen molar-refractivity contribution in [1.82, 2.24) is 0 Å². The van der Waals surface area contributed by atoms with Gasteiger partial charge < -0.3 is 17.2 Å². The summed E-state index contributed by atoms with van der Waals surface area (Å²) in [5, 5.41) is 0. The van der Waals surface area contributed by atoms with Crippen LogP contribution in [0.3, 0.4) is 0 Å². The lowest BCUT2D eigenvalue weighted by Crippen LogP contribution is -2.26. The van der Waals surface area contributed by atoms with E-state index >= 15 is 0 Å². The zero-order valence-corrected chi connectivity index (χ0v) is 17.2. The monoisotopic (exact) mass is 365 g/mol. The van der Waals surface area contributed by atoms with Crippen LogP contribution in [0.15, 0.2) is 52.4 Å². The van der Waals surface area contributed by atoms with Gasteiger partial charge in [-0.1, -0.05) is 77.9 Å². The fourth-order valence-electron chi connectivity index (χ4n) is 2.77. The Balaban J connectivity index is 2.60. The van der Waals surface area contributed by atoms with Gasteiger partial charge in [0.15, 0.2) is 5.96 Å². The zero-order valence-electron chi connectivity index (χ0n) is 17.2. The first kappa shape index (κ1) is 20.5. The topological polar surface area (TPSA) is 103 Å². The van der Waals surface area contributed by atoms with E-state index in [0.717, 1.165) is 22.4 Å². The van der Waals surface area contributed by atoms with Gasteiger partial charge >= 0.3 is 0 Å². The first-order valence-electron chi connectivity index (χ1n) is 9.07. The maximum Gasteiger partial charge on any atom is 0.223 e. The summed E-state index contributed by atoms with van der Waals surface area (Å²) in [5.74, 6) is -0.0760. The molecule has 0 unspecified atom stereocenters. The first-order valence-corrected chi connectivity index (χ1v) is 9.07. The fourth-order valence-corrected chi connectivity index (χ4v) is 2.77. The molecule has 6 N–H and O–H groups in total. The molecule has 0 aromatic heterocycles. The van der Waals surface area contributed by atoms with Crippen molar-refractivity contribution in [3.8, 4) is 11.1 Å². The van der Waals surface area contributed by atoms with E-state index in [4.69, 9.17) is 17.2 Å². The molecule has 0 fully saturated rings. The van der Waals surface area contributed by atoms with Crippen LogP contribution >= 0.6 is 0 Å². The van der Waals surface area contributed by atoms with Crippen LogP contribution < -0.4 is 17.2 Å². The average Bonchev–Trinajstić information content (AvgIpc) is 2.52. The van der Waals surface area contributed by atoms with Crippen LogP contribution in [0.2, 0.25) is 0 Å². The number of benzene rings is 2. The molecule has 0 radical (unpaired) electrons. The summed E-state index contributed by atoms with van der Waals surface area (Å²) in [6, 6.07) is 14.8. The number of hydrogen-bond donors (Lipinski definition) is 3. The van der Waals surface area contributed by atoms with Gasteiger partial charge in [0.1, 0.15) is 0 Å². The van der Waals surface area contributed by atoms with Crippen molar-refractivity contribution in [2.24, 2.45) is 27.2 Å². The molecule has 0 aliphatic rings. The average molecular weight is 366 g/mol. The third kappa shape index (κ3) is 5.33. The van der Waals surface area contributed by atoms with Crippen molar-refractivity contribution in [3.05, 3.63) is 53.6 Å². The highest BCUT2D eigenvalue weighted by Crippen LogP contribution is 2.36. The second-order valence-electron chi connectivity index (χ2n) is 8.82. The van der Waals surface area contributed by atoms with E-state index in [-0.39, 0.29) is 22.7 Å². The highest BCUT2D eigenvalue weighted by atomic mass is 15.1. The molecule has 2 rings (SSSR count). The first-order chi connectivity index (χ1) is 12.4. The van der Waals surface area contributed by atoms with Crippen molar-refractivity contribution in [2.45, 2.75) is 52.4 Å². The van der Waals surface area contributed by atoms with Crippen LogP contribution in [-0.2, 0) is 10.8 Å². The lowest BCUT2D eigenvalue weighted by atomic mass is 9.84. The Labute approximate surface area is 162 Å². The second-order valence-corrected chi connectivity index (χ2v) is 8.82. The Hall–Kier alpha value is -2.82. The minimum atomic E-state index is -0.112. The van der Waals surface area contributed by atoms with E-state index in [0.29, 0.717) is 0 Å². The van der Waals surface area contributed by atoms with Gasteiger partial charge in [-0.05, 0) is 33.6 Å². The van der Waals surface area contributed by atoms with Crippen LogP contribution in [0.5, 0.6) is 0 Å². The lowest BCUT2D eigenvalue weighted by molar-refractivity contribution is 0.590. The molecule has 0 aliphatic heterocycles. The third-order valence-corrected chi connectivity index (χ3v) is 4.40. The molecule has 0 amide bonds. The molecular weight excluding hydrogens is 334 g/mol. The maximum absolute atomic E-state index is 5.90. The number of aliphatic imine (C=N–C) groups is 2. The van der Waals surface area contributed by atoms with Gasteiger partial charge in [-0.25, -0.2) is 4.99 Å². The molecule has 0 heterocycles. The van der Waals surface area contributed by atoms with Crippen LogP contribution in [0.25, 0.3) is 11.1 Å². The number of nitrogens with zero attached hydrogens (tertiary/aromatic N) is 2. The van der Waals surface area contributed by atoms with E-state index in [9.17, 15) is 0 Å². The Morgan fingerprint density at radius 1 is 0.741 bits per heavy atom. The standard InChI is InChI=1S/C22H31N5/c1-21(2,3)15-9-7-14(8-10-15)17-12-11-16(22(4,5)6)13-18(17)26-20(25)27-19(23)24/h7-13H,1-6H3,(H6,23,24,25,26,27). The molecule has 2 aromatic rings. The summed E-state index contributed by atoms with van der Waals surface area (Å²) in [5.41, 5.74) is 22.1. The Bertz CT molecular complexity index is 859. The lowest BCUT2D eigenvalue weighted by Gasteiger charge is -2.21. The highest BCUT2D eigenvalue weighted by molar-refractivity contribution is 5.94. The smallest absolute Gasteiger partial charge is 0.223 e. The maximum atomic E-state index is 5.90. The van der Waals surface area contributed by atoms with Crippen molar-refractivity contribution < 1.29 is 0 Å². The zero-order chi connectivity index (χ0) is 20.4. The van der Waals surface area contributed by atoms with E-state index in [1.165, 1.54) is 5.56 Å². The third-order valence-electron chi connectivity index (χ3n) is 4.40. The van der Waals surface area contributed by atoms with E-state index < -0.39 is 0 Å². The fraction of sp³-hybridized carbons (Fsp3) is 0.364. The van der Waals surface area contributed by atoms with Gasteiger partial charge in [0.25, 0.3) is 0 Å². The van der Waals surface area contributed by atoms with E-state index in [1.54, 1.807) is 0 Å². The number of hydrogen-bond acceptors (Lipinski definition) is 1. The molecule has 0 atom stereocenters. The SMILES string of the molecule is CC(C)(C)c1ccc(-c2ccc(C(C)(C)C)cc2N=C(N)N=C(N)N)cc1. The van der Waals surface area contributed by atoms with Gasteiger partial charge in [-0.3, -0.25) is 0 Å². The van der Waals surface area contributed by atoms with Crippen molar-refractivity contribution >= 4 is 17.6 Å². The summed E-state index contributed by atoms with van der Waals surface area (Å²) in [6.07, 6.45) is 0. The minimum Gasteiger partial charge on any atom is -0.370 e. The molecule has 0 bridgehead atoms. The molecule has 0 spiro atoms. The van der Waals surface area contributed by atoms with Crippen molar-refractivity contribution in [3.63, 3.8) is 0 Å². The minimum absolute atomic E-state index is 0.0101. The predicted molar refractivity (Wildman–Crippen MR) is 116 cm³/mol. The molecule has 0 saturated carbocycles. The van der Waals surface area contributed by atoms with Crippen LogP contribution in [0, 0.1) is 0 Å². The molecule has 27 heavy (non-hydrogen) atoms. The molecular formula is C22H31N5. The summed E-state index contributed by atoms with van der Waals surface area (Å²) < 4.78 is 0. The van der Waals surface area contributed by atoms with E-state index in [1.807, 2.05) is 6.07 Å². The molecule has 144 valence electrons. The summed E-state index contributed by atoms with van der Waals surface area (Å²) in [6.45, 7) is 13.1. The molecule has 0 aliphatic carbocycles. The van der Waals surface area contributed by atoms with Crippen molar-refractivity contribution in [2.75, 3.05) is 0 Å². The van der Waals surface area contributed by atoms with Gasteiger partial charge in [0.2, 0.25) is 5.96 Å². The van der Waals surface area contributed by atoms with Crippen LogP contribution in [-0.4, -0.2) is 11.9 Å². The summed E-state index contributed by atoms with van der Waals surface area (Å²) in [4.78, 5) is 8.31. The highest BCUT2D eigenvalue weighted by Gasteiger charge is 2.17. The summed E-state index contributed by atoms with van der Waals surface area (Å²) >= 11 is 0. The van der Waals surface area contributed by atoms with Gasteiger partial charge in [0.05, 0.1) is 5.69 Å². The quantitative estimate of drug-likeness (QED) is 0.549. The molecule has 0 saturated heterocycles. The van der Waals surface area contributed by atoms with Crippen LogP contribution in [0.4, 0.5) is 5.69 Å². The van der Waals surface area contributed by atoms with E-state index in [2.05, 4.69) is 87.9 Å². The molecule has 2 aromatic carbocycles. The normalized spacial score (nSPS) is 12.7. The van der Waals surface area contributed by atoms with Gasteiger partial charge in [-0.15, -0.1) is 0 Å². The Morgan fingerprint density at radius 2 is 1.26 bits per heavy atom. The van der Waals surface area contributed by atoms with Crippen molar-refractivity contribution in [1.29, 1.82) is 0 Å². The number of nitrogens with two attached hydrogens (primary N) is 3. The van der Waals surface area contributed by atoms with Gasteiger partial charge in [-0.2, -0.15) is 4.99 Å². The predicted octanol–water partition coefficient (Wildman–Crippen LogP) is 4.17.